The summed E-state index contributed by atoms with van der Waals surface area (Å²) in [4.78, 5) is 30.6. The molecule has 0 unspecified atom stereocenters. The zero-order valence-corrected chi connectivity index (χ0v) is 15.8. The Labute approximate surface area is 173 Å². The van der Waals surface area contributed by atoms with E-state index in [4.69, 9.17) is 23.2 Å². The van der Waals surface area contributed by atoms with E-state index >= 15 is 0 Å². The molecular weight excluding hydrogens is 426 g/mol. The summed E-state index contributed by atoms with van der Waals surface area (Å²) in [6.07, 6.45) is 1.06. The lowest BCUT2D eigenvalue weighted by Crippen LogP contribution is -2.30. The normalized spacial score (nSPS) is 10.3. The highest BCUT2D eigenvalue weighted by Crippen LogP contribution is 2.35. The number of hydrazine groups is 1. The number of carbonyl (C=O) groups is 1. The Balaban J connectivity index is 1.85. The van der Waals surface area contributed by atoms with Crippen molar-refractivity contribution in [2.24, 2.45) is 0 Å². The van der Waals surface area contributed by atoms with E-state index < -0.39 is 22.3 Å². The van der Waals surface area contributed by atoms with Crippen LogP contribution in [0.15, 0.2) is 48.8 Å². The number of nitro groups is 1. The van der Waals surface area contributed by atoms with Crippen LogP contribution in [0.25, 0.3) is 0 Å². The summed E-state index contributed by atoms with van der Waals surface area (Å²) in [7, 11) is 0. The quantitative estimate of drug-likeness (QED) is 0.388. The molecule has 0 saturated carbocycles. The SMILES string of the molecule is O=C(NNc1ncnc(Nc2cccc(Cl)c2Cl)c1[N+](=O)[O-])c1ccc(F)cc1. The van der Waals surface area contributed by atoms with E-state index in [9.17, 15) is 19.3 Å². The van der Waals surface area contributed by atoms with Gasteiger partial charge in [-0.25, -0.2) is 14.4 Å². The van der Waals surface area contributed by atoms with Gasteiger partial charge < -0.3 is 5.32 Å². The largest absolute Gasteiger partial charge is 0.355 e. The minimum absolute atomic E-state index is 0.139. The number of anilines is 3. The molecule has 1 amide bonds. The van der Waals surface area contributed by atoms with Gasteiger partial charge in [0.15, 0.2) is 0 Å². The Morgan fingerprint density at radius 3 is 2.45 bits per heavy atom. The fraction of sp³-hybridized carbons (Fsp3) is 0. The lowest BCUT2D eigenvalue weighted by molar-refractivity contribution is -0.383. The first-order valence-electron chi connectivity index (χ1n) is 7.89. The van der Waals surface area contributed by atoms with Crippen molar-refractivity contribution in [2.45, 2.75) is 0 Å². The van der Waals surface area contributed by atoms with Gasteiger partial charge in [-0.15, -0.1) is 0 Å². The minimum atomic E-state index is -0.729. The lowest BCUT2D eigenvalue weighted by atomic mass is 10.2. The van der Waals surface area contributed by atoms with Crippen LogP contribution in [0.5, 0.6) is 0 Å². The number of carbonyl (C=O) groups excluding carboxylic acids is 1. The molecule has 0 aliphatic heterocycles. The molecule has 2 aromatic carbocycles. The van der Waals surface area contributed by atoms with Crippen molar-refractivity contribution in [3.8, 4) is 0 Å². The average Bonchev–Trinajstić information content (AvgIpc) is 2.70. The predicted molar refractivity (Wildman–Crippen MR) is 106 cm³/mol. The highest BCUT2D eigenvalue weighted by atomic mass is 35.5. The zero-order chi connectivity index (χ0) is 21.0. The number of nitrogens with one attached hydrogen (secondary N) is 3. The summed E-state index contributed by atoms with van der Waals surface area (Å²) < 4.78 is 13.0. The second-order valence-electron chi connectivity index (χ2n) is 5.49. The van der Waals surface area contributed by atoms with Gasteiger partial charge in [-0.1, -0.05) is 29.3 Å². The number of nitrogens with zero attached hydrogens (tertiary/aromatic N) is 3. The number of amides is 1. The zero-order valence-electron chi connectivity index (χ0n) is 14.3. The third-order valence-corrected chi connectivity index (χ3v) is 4.43. The van der Waals surface area contributed by atoms with Crippen molar-refractivity contribution in [3.05, 3.63) is 80.3 Å². The van der Waals surface area contributed by atoms with Gasteiger partial charge in [-0.2, -0.15) is 0 Å². The van der Waals surface area contributed by atoms with Crippen LogP contribution in [-0.2, 0) is 0 Å². The molecule has 9 nitrogen and oxygen atoms in total. The van der Waals surface area contributed by atoms with Gasteiger partial charge in [0.25, 0.3) is 5.91 Å². The molecule has 0 fully saturated rings. The van der Waals surface area contributed by atoms with Gasteiger partial charge in [-0.3, -0.25) is 25.8 Å². The molecule has 0 bridgehead atoms. The van der Waals surface area contributed by atoms with Crippen molar-refractivity contribution in [1.29, 1.82) is 0 Å². The van der Waals surface area contributed by atoms with Gasteiger partial charge in [0.1, 0.15) is 12.1 Å². The second kappa shape index (κ2) is 8.67. The number of hydrogen-bond acceptors (Lipinski definition) is 7. The van der Waals surface area contributed by atoms with E-state index in [1.54, 1.807) is 18.2 Å². The smallest absolute Gasteiger partial charge is 0.333 e. The standard InChI is InChI=1S/C17H11Cl2FN6O3/c18-11-2-1-3-12(13(11)19)23-15-14(26(28)29)16(22-8-21-15)24-25-17(27)9-4-6-10(20)7-5-9/h1-8H,(H,25,27)(H2,21,22,23,24). The summed E-state index contributed by atoms with van der Waals surface area (Å²) >= 11 is 12.0. The lowest BCUT2D eigenvalue weighted by Gasteiger charge is -2.12. The molecular formula is C17H11Cl2FN6O3. The molecule has 12 heteroatoms. The fourth-order valence-corrected chi connectivity index (χ4v) is 2.60. The molecule has 3 rings (SSSR count). The average molecular weight is 437 g/mol. The van der Waals surface area contributed by atoms with Crippen LogP contribution in [0.3, 0.4) is 0 Å². The van der Waals surface area contributed by atoms with Gasteiger partial charge in [-0.05, 0) is 36.4 Å². The molecule has 0 spiro atoms. The maximum Gasteiger partial charge on any atom is 0.355 e. The molecule has 0 saturated heterocycles. The number of halogens is 3. The van der Waals surface area contributed by atoms with E-state index in [0.29, 0.717) is 5.69 Å². The highest BCUT2D eigenvalue weighted by molar-refractivity contribution is 6.43. The topological polar surface area (TPSA) is 122 Å². The van der Waals surface area contributed by atoms with E-state index in [1.807, 2.05) is 0 Å². The Bertz CT molecular complexity index is 1080. The minimum Gasteiger partial charge on any atom is -0.333 e. The highest BCUT2D eigenvalue weighted by Gasteiger charge is 2.24. The fourth-order valence-electron chi connectivity index (χ4n) is 2.25. The van der Waals surface area contributed by atoms with E-state index in [2.05, 4.69) is 26.1 Å². The first-order valence-corrected chi connectivity index (χ1v) is 8.64. The predicted octanol–water partition coefficient (Wildman–Crippen LogP) is 4.33. The molecule has 3 N–H and O–H groups in total. The molecule has 1 aromatic heterocycles. The molecule has 29 heavy (non-hydrogen) atoms. The summed E-state index contributed by atoms with van der Waals surface area (Å²) in [5, 5.41) is 14.7. The number of benzene rings is 2. The van der Waals surface area contributed by atoms with E-state index in [0.717, 1.165) is 18.5 Å². The van der Waals surface area contributed by atoms with Crippen molar-refractivity contribution in [1.82, 2.24) is 15.4 Å². The molecule has 0 atom stereocenters. The van der Waals surface area contributed by atoms with Crippen molar-refractivity contribution >= 4 is 52.1 Å². The number of hydrogen-bond donors (Lipinski definition) is 3. The van der Waals surface area contributed by atoms with Crippen molar-refractivity contribution in [2.75, 3.05) is 10.7 Å². The second-order valence-corrected chi connectivity index (χ2v) is 6.27. The summed E-state index contributed by atoms with van der Waals surface area (Å²) in [5.41, 5.74) is 4.53. The molecule has 1 heterocycles. The van der Waals surface area contributed by atoms with Crippen molar-refractivity contribution < 1.29 is 14.1 Å². The van der Waals surface area contributed by atoms with Gasteiger partial charge >= 0.3 is 5.69 Å². The number of aromatic nitrogens is 2. The molecule has 148 valence electrons. The summed E-state index contributed by atoms with van der Waals surface area (Å²) in [6, 6.07) is 9.46. The van der Waals surface area contributed by atoms with Crippen LogP contribution in [0, 0.1) is 15.9 Å². The Morgan fingerprint density at radius 1 is 1.07 bits per heavy atom. The molecule has 0 aliphatic rings. The van der Waals surface area contributed by atoms with E-state index in [1.165, 1.54) is 12.1 Å². The van der Waals surface area contributed by atoms with Crippen LogP contribution >= 0.6 is 23.2 Å². The molecule has 0 radical (unpaired) electrons. The van der Waals surface area contributed by atoms with Gasteiger partial charge in [0, 0.05) is 5.56 Å². The maximum atomic E-state index is 13.0. The Morgan fingerprint density at radius 2 is 1.76 bits per heavy atom. The van der Waals surface area contributed by atoms with Crippen LogP contribution < -0.4 is 16.2 Å². The molecule has 0 aliphatic carbocycles. The van der Waals surface area contributed by atoms with Crippen LogP contribution in [-0.4, -0.2) is 20.8 Å². The summed E-state index contributed by atoms with van der Waals surface area (Å²) in [5.74, 6) is -1.60. The third-order valence-electron chi connectivity index (χ3n) is 3.61. The first kappa shape index (κ1) is 20.2. The third kappa shape index (κ3) is 4.68. The Kier molecular flexibility index (Phi) is 6.05. The number of rotatable bonds is 6. The maximum absolute atomic E-state index is 13.0. The van der Waals surface area contributed by atoms with Crippen LogP contribution in [0.2, 0.25) is 10.0 Å². The van der Waals surface area contributed by atoms with E-state index in [-0.39, 0.29) is 27.2 Å². The summed E-state index contributed by atoms with van der Waals surface area (Å²) in [6.45, 7) is 0. The van der Waals surface area contributed by atoms with Crippen LogP contribution in [0.1, 0.15) is 10.4 Å². The first-order chi connectivity index (χ1) is 13.9. The van der Waals surface area contributed by atoms with Gasteiger partial charge in [0.05, 0.1) is 20.7 Å². The molecule has 3 aromatic rings. The monoisotopic (exact) mass is 436 g/mol. The van der Waals surface area contributed by atoms with Gasteiger partial charge in [0.2, 0.25) is 11.6 Å². The Hall–Kier alpha value is -3.50. The van der Waals surface area contributed by atoms with Crippen molar-refractivity contribution in [3.63, 3.8) is 0 Å². The van der Waals surface area contributed by atoms with Crippen LogP contribution in [0.4, 0.5) is 27.4 Å².